The van der Waals surface area contributed by atoms with Crippen LogP contribution >= 0.6 is 0 Å². The van der Waals surface area contributed by atoms with Crippen LogP contribution in [0.2, 0.25) is 0 Å². The van der Waals surface area contributed by atoms with Gasteiger partial charge in [0.05, 0.1) is 0 Å². The van der Waals surface area contributed by atoms with Gasteiger partial charge >= 0.3 is 12.1 Å². The Labute approximate surface area is 126 Å². The molecule has 0 fully saturated rings. The second-order valence-electron chi connectivity index (χ2n) is 4.65. The topological polar surface area (TPSA) is 58.2 Å². The van der Waals surface area contributed by atoms with Crippen LogP contribution in [0.3, 0.4) is 0 Å². The number of halogens is 3. The van der Waals surface area contributed by atoms with Crippen molar-refractivity contribution in [2.45, 2.75) is 19.5 Å². The van der Waals surface area contributed by atoms with Crippen molar-refractivity contribution in [2.75, 3.05) is 13.1 Å². The van der Waals surface area contributed by atoms with E-state index in [-0.39, 0.29) is 25.4 Å². The third kappa shape index (κ3) is 6.92. The minimum atomic E-state index is -4.88. The van der Waals surface area contributed by atoms with E-state index in [2.05, 4.69) is 5.32 Å². The quantitative estimate of drug-likeness (QED) is 0.625. The molecule has 0 aliphatic heterocycles. The molecule has 2 N–H and O–H groups in total. The van der Waals surface area contributed by atoms with E-state index in [1.165, 1.54) is 6.08 Å². The second kappa shape index (κ2) is 8.21. The van der Waals surface area contributed by atoms with E-state index >= 15 is 0 Å². The van der Waals surface area contributed by atoms with Crippen LogP contribution in [-0.2, 0) is 9.59 Å². The highest BCUT2D eigenvalue weighted by atomic mass is 19.4. The predicted molar refractivity (Wildman–Crippen MR) is 76.9 cm³/mol. The van der Waals surface area contributed by atoms with E-state index in [0.717, 1.165) is 11.1 Å². The number of rotatable bonds is 6. The molecule has 1 rings (SSSR count). The summed E-state index contributed by atoms with van der Waals surface area (Å²) in [4.78, 5) is 22.0. The molecule has 7 heteroatoms. The molecule has 0 unspecified atom stereocenters. The molecule has 0 bridgehead atoms. The van der Waals surface area contributed by atoms with Gasteiger partial charge in [-0.05, 0) is 25.0 Å². The van der Waals surface area contributed by atoms with Crippen LogP contribution in [0.5, 0.6) is 0 Å². The normalized spacial score (nSPS) is 11.5. The van der Waals surface area contributed by atoms with Crippen molar-refractivity contribution in [3.63, 3.8) is 0 Å². The molecule has 2 amide bonds. The van der Waals surface area contributed by atoms with Crippen molar-refractivity contribution in [3.05, 3.63) is 41.5 Å². The van der Waals surface area contributed by atoms with E-state index < -0.39 is 12.1 Å². The summed E-state index contributed by atoms with van der Waals surface area (Å²) in [6, 6.07) is 7.57. The van der Waals surface area contributed by atoms with Crippen molar-refractivity contribution in [3.8, 4) is 0 Å². The third-order valence-electron chi connectivity index (χ3n) is 2.67. The van der Waals surface area contributed by atoms with Gasteiger partial charge in [0, 0.05) is 19.2 Å². The minimum Gasteiger partial charge on any atom is -0.352 e. The maximum absolute atomic E-state index is 11.9. The highest BCUT2D eigenvalue weighted by Crippen LogP contribution is 2.13. The Morgan fingerprint density at radius 1 is 1.18 bits per heavy atom. The molecule has 0 aromatic heterocycles. The summed E-state index contributed by atoms with van der Waals surface area (Å²) in [7, 11) is 0. The first-order valence-corrected chi connectivity index (χ1v) is 6.66. The summed E-state index contributed by atoms with van der Waals surface area (Å²) in [5.41, 5.74) is 1.95. The van der Waals surface area contributed by atoms with E-state index in [9.17, 15) is 22.8 Å². The Bertz CT molecular complexity index is 554. The van der Waals surface area contributed by atoms with Gasteiger partial charge < -0.3 is 10.6 Å². The fourth-order valence-electron chi connectivity index (χ4n) is 1.61. The number of amides is 2. The van der Waals surface area contributed by atoms with Crippen LogP contribution in [0.1, 0.15) is 17.5 Å². The number of alkyl halides is 3. The van der Waals surface area contributed by atoms with Gasteiger partial charge in [-0.3, -0.25) is 9.59 Å². The average Bonchev–Trinajstić information content (AvgIpc) is 2.43. The number of hydrogen-bond donors (Lipinski definition) is 2. The molecule has 0 atom stereocenters. The Kier molecular flexibility index (Phi) is 6.62. The number of hydrogen-bond acceptors (Lipinski definition) is 2. The summed E-state index contributed by atoms with van der Waals surface area (Å²) < 4.78 is 35.7. The molecule has 4 nitrogen and oxygen atoms in total. The zero-order chi connectivity index (χ0) is 16.6. The molecule has 22 heavy (non-hydrogen) atoms. The van der Waals surface area contributed by atoms with Gasteiger partial charge in [0.25, 0.3) is 0 Å². The Balaban J connectivity index is 2.23. The molecule has 0 saturated heterocycles. The Hall–Kier alpha value is -2.31. The number of carbonyl (C=O) groups is 2. The van der Waals surface area contributed by atoms with Gasteiger partial charge in [0.1, 0.15) is 0 Å². The van der Waals surface area contributed by atoms with Gasteiger partial charge in [-0.15, -0.1) is 0 Å². The van der Waals surface area contributed by atoms with Crippen molar-refractivity contribution < 1.29 is 22.8 Å². The molecule has 0 radical (unpaired) electrons. The first kappa shape index (κ1) is 17.7. The molecular formula is C15H17F3N2O2. The largest absolute Gasteiger partial charge is 0.471 e. The molecule has 0 aliphatic carbocycles. The molecule has 1 aromatic rings. The lowest BCUT2D eigenvalue weighted by atomic mass is 10.1. The van der Waals surface area contributed by atoms with Gasteiger partial charge in [-0.2, -0.15) is 13.2 Å². The number of aryl methyl sites for hydroxylation is 1. The number of carbonyl (C=O) groups excluding carboxylic acids is 2. The van der Waals surface area contributed by atoms with Gasteiger partial charge in [0.15, 0.2) is 0 Å². The Morgan fingerprint density at radius 2 is 1.86 bits per heavy atom. The van der Waals surface area contributed by atoms with Crippen molar-refractivity contribution in [2.24, 2.45) is 0 Å². The van der Waals surface area contributed by atoms with Gasteiger partial charge in [-0.25, -0.2) is 0 Å². The molecule has 0 aliphatic rings. The zero-order valence-electron chi connectivity index (χ0n) is 12.0. The fraction of sp³-hybridized carbons (Fsp3) is 0.333. The zero-order valence-corrected chi connectivity index (χ0v) is 12.0. The summed E-state index contributed by atoms with van der Waals surface area (Å²) in [5.74, 6) is -2.32. The van der Waals surface area contributed by atoms with E-state index in [1.54, 1.807) is 11.4 Å². The van der Waals surface area contributed by atoms with Crippen LogP contribution in [0.15, 0.2) is 30.3 Å². The van der Waals surface area contributed by atoms with Crippen LogP contribution in [0.4, 0.5) is 13.2 Å². The van der Waals surface area contributed by atoms with Crippen LogP contribution < -0.4 is 10.6 Å². The van der Waals surface area contributed by atoms with Crippen molar-refractivity contribution in [1.82, 2.24) is 10.6 Å². The van der Waals surface area contributed by atoms with Gasteiger partial charge in [-0.1, -0.05) is 29.8 Å². The standard InChI is InChI=1S/C15H17F3N2O2/c1-11-4-2-5-12(10-11)6-7-13(21)19-8-3-9-20-14(22)15(16,17)18/h2,4-7,10H,3,8-9H2,1H3,(H,19,21)(H,20,22)/b7-6+. The van der Waals surface area contributed by atoms with Crippen LogP contribution in [-0.4, -0.2) is 31.1 Å². The van der Waals surface area contributed by atoms with E-state index in [4.69, 9.17) is 0 Å². The first-order valence-electron chi connectivity index (χ1n) is 6.66. The molecular weight excluding hydrogens is 297 g/mol. The highest BCUT2D eigenvalue weighted by Gasteiger charge is 2.38. The minimum absolute atomic E-state index is 0.153. The lowest BCUT2D eigenvalue weighted by Crippen LogP contribution is -2.38. The lowest BCUT2D eigenvalue weighted by molar-refractivity contribution is -0.173. The maximum Gasteiger partial charge on any atom is 0.471 e. The summed E-state index contributed by atoms with van der Waals surface area (Å²) >= 11 is 0. The number of nitrogens with one attached hydrogen (secondary N) is 2. The molecule has 0 heterocycles. The fourth-order valence-corrected chi connectivity index (χ4v) is 1.61. The average molecular weight is 314 g/mol. The monoisotopic (exact) mass is 314 g/mol. The smallest absolute Gasteiger partial charge is 0.352 e. The summed E-state index contributed by atoms with van der Waals surface area (Å²) in [5, 5.41) is 4.25. The third-order valence-corrected chi connectivity index (χ3v) is 2.67. The molecule has 1 aromatic carbocycles. The maximum atomic E-state index is 11.9. The van der Waals surface area contributed by atoms with Crippen molar-refractivity contribution >= 4 is 17.9 Å². The highest BCUT2D eigenvalue weighted by molar-refractivity contribution is 5.91. The molecule has 120 valence electrons. The van der Waals surface area contributed by atoms with Crippen LogP contribution in [0, 0.1) is 6.92 Å². The van der Waals surface area contributed by atoms with E-state index in [0.29, 0.717) is 0 Å². The van der Waals surface area contributed by atoms with Crippen molar-refractivity contribution in [1.29, 1.82) is 0 Å². The molecule has 0 spiro atoms. The summed E-state index contributed by atoms with van der Waals surface area (Å²) in [6.45, 7) is 1.96. The second-order valence-corrected chi connectivity index (χ2v) is 4.65. The Morgan fingerprint density at radius 3 is 2.50 bits per heavy atom. The predicted octanol–water partition coefficient (Wildman–Crippen LogP) is 2.19. The number of benzene rings is 1. The first-order chi connectivity index (χ1) is 10.3. The summed E-state index contributed by atoms with van der Waals surface area (Å²) in [6.07, 6.45) is -1.66. The SMILES string of the molecule is Cc1cccc(/C=C/C(=O)NCCCNC(=O)C(F)(F)F)c1. The molecule has 0 saturated carbocycles. The van der Waals surface area contributed by atoms with E-state index in [1.807, 2.05) is 31.2 Å². The lowest BCUT2D eigenvalue weighted by Gasteiger charge is -2.07. The van der Waals surface area contributed by atoms with Crippen LogP contribution in [0.25, 0.3) is 6.08 Å². The van der Waals surface area contributed by atoms with Gasteiger partial charge in [0.2, 0.25) is 5.91 Å².